The highest BCUT2D eigenvalue weighted by atomic mass is 19.1. The van der Waals surface area contributed by atoms with Gasteiger partial charge < -0.3 is 50.9 Å². The Morgan fingerprint density at radius 2 is 1.59 bits per heavy atom. The predicted octanol–water partition coefficient (Wildman–Crippen LogP) is 6.93. The van der Waals surface area contributed by atoms with E-state index in [1.54, 1.807) is 49.6 Å². The van der Waals surface area contributed by atoms with Crippen LogP contribution in [0.3, 0.4) is 0 Å². The van der Waals surface area contributed by atoms with E-state index >= 15 is 8.78 Å². The number of carbonyl (C=O) groups is 5. The number of ether oxygens (including phenoxy) is 3. The van der Waals surface area contributed by atoms with Crippen molar-refractivity contribution in [3.05, 3.63) is 146 Å². The smallest absolute Gasteiger partial charge is 0.407 e. The van der Waals surface area contributed by atoms with Crippen LogP contribution >= 0.6 is 0 Å². The van der Waals surface area contributed by atoms with Crippen molar-refractivity contribution in [2.24, 2.45) is 11.7 Å². The third kappa shape index (κ3) is 9.61. The number of rotatable bonds is 17. The normalized spacial score (nSPS) is 16.0. The van der Waals surface area contributed by atoms with E-state index in [0.29, 0.717) is 28.7 Å². The number of halogens is 2. The molecule has 17 nitrogen and oxygen atoms in total. The highest BCUT2D eigenvalue weighted by molar-refractivity contribution is 5.98. The van der Waals surface area contributed by atoms with E-state index in [1.165, 1.54) is 0 Å². The van der Waals surface area contributed by atoms with Crippen molar-refractivity contribution < 1.29 is 52.1 Å². The maximum Gasteiger partial charge on any atom is 0.407 e. The van der Waals surface area contributed by atoms with Crippen LogP contribution in [0.25, 0.3) is 33.4 Å². The van der Waals surface area contributed by atoms with Gasteiger partial charge in [0.25, 0.3) is 5.56 Å². The molecule has 4 heterocycles. The van der Waals surface area contributed by atoms with Crippen LogP contribution in [-0.4, -0.2) is 69.8 Å². The number of cyclic esters (lactones) is 1. The number of aryl methyl sites for hydroxylation is 1. The molecule has 3 aliphatic rings. The molecule has 4 aromatic carbocycles. The summed E-state index contributed by atoms with van der Waals surface area (Å²) >= 11 is 0. The number of amides is 5. The van der Waals surface area contributed by atoms with Gasteiger partial charge in [0.1, 0.15) is 49.3 Å². The number of benzene rings is 4. The first-order valence-electron chi connectivity index (χ1n) is 24.5. The molecular weight excluding hydrogens is 957 g/mol. The topological polar surface area (TPSA) is 242 Å². The van der Waals surface area contributed by atoms with Gasteiger partial charge in [-0.25, -0.2) is 28.1 Å². The van der Waals surface area contributed by atoms with Gasteiger partial charge in [0, 0.05) is 34.7 Å². The number of anilines is 1. The van der Waals surface area contributed by atoms with Gasteiger partial charge in [-0.3, -0.25) is 14.4 Å². The molecule has 5 amide bonds. The quantitative estimate of drug-likeness (QED) is 0.0404. The lowest BCUT2D eigenvalue weighted by molar-refractivity contribution is -0.172. The largest absolute Gasteiger partial charge is 0.489 e. The number of nitrogens with two attached hydrogens (primary N) is 1. The zero-order chi connectivity index (χ0) is 52.6. The van der Waals surface area contributed by atoms with Gasteiger partial charge in [-0.2, -0.15) is 0 Å². The maximum atomic E-state index is 15.8. The first kappa shape index (κ1) is 50.7. The van der Waals surface area contributed by atoms with E-state index in [0.717, 1.165) is 45.5 Å². The van der Waals surface area contributed by atoms with Crippen LogP contribution in [0.2, 0.25) is 0 Å². The van der Waals surface area contributed by atoms with Gasteiger partial charge in [0.2, 0.25) is 11.8 Å². The highest BCUT2D eigenvalue weighted by Gasteiger charge is 2.45. The van der Waals surface area contributed by atoms with Gasteiger partial charge in [0.15, 0.2) is 5.60 Å². The van der Waals surface area contributed by atoms with Gasteiger partial charge in [-0.05, 0) is 95.8 Å². The number of aliphatic hydroxyl groups is 1. The SMILES string of the molecule is CCc1c2c(nc3ccc(OCc4c(F)cc(NC(=O)[C@H](CCCNC(N)=O)NC(=O)[C@@H](NC(=O)OCC5c6ccccc6-c6ccccc65)C(C)C)cc4F)cc13)-c1cc3c(c(=O)n1C2)COC(=O)[C@]3(O)CC. The Hall–Kier alpha value is -8.19. The summed E-state index contributed by atoms with van der Waals surface area (Å²) in [5.74, 6) is -4.84. The van der Waals surface area contributed by atoms with E-state index in [9.17, 15) is 33.9 Å². The number of aromatic nitrogens is 2. The standard InChI is InChI=1S/C55H55F2N7O10/c1-5-31-36-22-30(17-18-44(36)61-48-37(31)24-64-46(48)23-41-39(51(64)67)26-73-52(68)55(41,71)6-2)72-27-40-42(56)20-29(21-43(40)57)60-49(65)45(16-11-19-59-53(58)69)62-50(66)47(28(3)4)63-54(70)74-25-38-34-14-9-7-12-32(34)33-13-8-10-15-35(33)38/h7-10,12-15,17-18,20-23,28,38,45,47,71H,5-6,11,16,19,24-27H2,1-4H3,(H,60,65)(H,62,66)(H,63,70)(H3,58,59,69)/t45-,47-,55-/m0/s1. The summed E-state index contributed by atoms with van der Waals surface area (Å²) < 4.78 is 49.9. The average Bonchev–Trinajstić information content (AvgIpc) is 3.91. The van der Waals surface area contributed by atoms with Crippen LogP contribution in [-0.2, 0) is 55.6 Å². The van der Waals surface area contributed by atoms with Crippen molar-refractivity contribution in [2.75, 3.05) is 18.5 Å². The maximum absolute atomic E-state index is 15.8. The van der Waals surface area contributed by atoms with Crippen LogP contribution < -0.4 is 37.3 Å². The summed E-state index contributed by atoms with van der Waals surface area (Å²) in [6.07, 6.45) is -0.189. The minimum Gasteiger partial charge on any atom is -0.489 e. The number of pyridine rings is 2. The number of primary amides is 1. The molecule has 0 radical (unpaired) electrons. The number of carbonyl (C=O) groups excluding carboxylic acids is 5. The van der Waals surface area contributed by atoms with Gasteiger partial charge >= 0.3 is 18.1 Å². The molecule has 6 aromatic rings. The minimum atomic E-state index is -1.97. The number of alkyl carbamates (subject to hydrolysis) is 1. The second-order valence-electron chi connectivity index (χ2n) is 18.9. The number of esters is 1. The van der Waals surface area contributed by atoms with Crippen LogP contribution in [0.5, 0.6) is 5.75 Å². The molecule has 0 unspecified atom stereocenters. The summed E-state index contributed by atoms with van der Waals surface area (Å²) in [7, 11) is 0. The average molecular weight is 1010 g/mol. The fourth-order valence-electron chi connectivity index (χ4n) is 10.2. The number of nitrogens with one attached hydrogen (secondary N) is 4. The molecule has 74 heavy (non-hydrogen) atoms. The van der Waals surface area contributed by atoms with Crippen molar-refractivity contribution in [3.63, 3.8) is 0 Å². The third-order valence-corrected chi connectivity index (χ3v) is 14.1. The lowest BCUT2D eigenvalue weighted by Crippen LogP contribution is -2.54. The fraction of sp³-hybridized carbons (Fsp3) is 0.327. The number of hydrogen-bond donors (Lipinski definition) is 6. The number of nitrogens with zero attached hydrogens (tertiary/aromatic N) is 2. The lowest BCUT2D eigenvalue weighted by atomic mass is 9.86. The zero-order valence-corrected chi connectivity index (χ0v) is 41.1. The van der Waals surface area contributed by atoms with Gasteiger partial charge in [-0.15, -0.1) is 0 Å². The van der Waals surface area contributed by atoms with Crippen molar-refractivity contribution in [3.8, 4) is 28.3 Å². The van der Waals surface area contributed by atoms with Crippen LogP contribution in [0.15, 0.2) is 89.7 Å². The molecule has 0 saturated carbocycles. The molecule has 19 heteroatoms. The van der Waals surface area contributed by atoms with Gasteiger partial charge in [0.05, 0.1) is 34.6 Å². The van der Waals surface area contributed by atoms with Crippen molar-refractivity contribution >= 4 is 46.5 Å². The van der Waals surface area contributed by atoms with E-state index in [-0.39, 0.29) is 74.0 Å². The van der Waals surface area contributed by atoms with Crippen LogP contribution in [0, 0.1) is 17.6 Å². The second kappa shape index (κ2) is 20.7. The Morgan fingerprint density at radius 3 is 2.24 bits per heavy atom. The minimum absolute atomic E-state index is 0.00419. The Kier molecular flexibility index (Phi) is 14.2. The van der Waals surface area contributed by atoms with E-state index in [2.05, 4.69) is 21.3 Å². The number of urea groups is 1. The Morgan fingerprint density at radius 1 is 0.905 bits per heavy atom. The summed E-state index contributed by atoms with van der Waals surface area (Å²) in [6, 6.07) is 20.9. The Bertz CT molecular complexity index is 3260. The molecule has 3 atom stereocenters. The molecule has 2 aliphatic heterocycles. The molecule has 1 aliphatic carbocycles. The third-order valence-electron chi connectivity index (χ3n) is 14.1. The van der Waals surface area contributed by atoms with Crippen molar-refractivity contribution in [1.82, 2.24) is 25.5 Å². The summed E-state index contributed by atoms with van der Waals surface area (Å²) in [6.45, 7) is 6.43. The first-order valence-corrected chi connectivity index (χ1v) is 24.5. The van der Waals surface area contributed by atoms with Crippen molar-refractivity contribution in [1.29, 1.82) is 0 Å². The fourth-order valence-corrected chi connectivity index (χ4v) is 10.2. The summed E-state index contributed by atoms with van der Waals surface area (Å²) in [5, 5.41) is 22.2. The second-order valence-corrected chi connectivity index (χ2v) is 18.9. The molecule has 2 aromatic heterocycles. The predicted molar refractivity (Wildman–Crippen MR) is 269 cm³/mol. The molecule has 7 N–H and O–H groups in total. The summed E-state index contributed by atoms with van der Waals surface area (Å²) in [5.41, 5.74) is 9.89. The van der Waals surface area contributed by atoms with E-state index in [4.69, 9.17) is 24.9 Å². The molecule has 9 rings (SSSR count). The van der Waals surface area contributed by atoms with Crippen molar-refractivity contribution in [2.45, 2.75) is 96.7 Å². The monoisotopic (exact) mass is 1010 g/mol. The zero-order valence-electron chi connectivity index (χ0n) is 41.1. The molecular formula is C55H55F2N7O10. The van der Waals surface area contributed by atoms with Crippen LogP contribution in [0.1, 0.15) is 91.8 Å². The Labute approximate surface area is 423 Å². The van der Waals surface area contributed by atoms with Crippen LogP contribution in [0.4, 0.5) is 24.1 Å². The summed E-state index contributed by atoms with van der Waals surface area (Å²) in [4.78, 5) is 83.6. The van der Waals surface area contributed by atoms with E-state index in [1.807, 2.05) is 55.5 Å². The van der Waals surface area contributed by atoms with E-state index < -0.39 is 82.9 Å². The first-order chi connectivity index (χ1) is 35.5. The highest BCUT2D eigenvalue weighted by Crippen LogP contribution is 2.45. The lowest BCUT2D eigenvalue weighted by Gasteiger charge is -2.31. The molecule has 384 valence electrons. The number of fused-ring (bicyclic) bond motifs is 8. The van der Waals surface area contributed by atoms with Gasteiger partial charge in [-0.1, -0.05) is 76.2 Å². The molecule has 0 bridgehead atoms. The molecule has 0 fully saturated rings. The molecule has 0 saturated heterocycles. The Balaban J connectivity index is 0.868. The number of hydrogen-bond acceptors (Lipinski definition) is 11. The molecule has 0 spiro atoms.